The maximum atomic E-state index is 11.6. The molecule has 0 radical (unpaired) electrons. The van der Waals surface area contributed by atoms with Crippen LogP contribution in [0.25, 0.3) is 0 Å². The Morgan fingerprint density at radius 2 is 2.32 bits per heavy atom. The van der Waals surface area contributed by atoms with E-state index in [1.807, 2.05) is 13.1 Å². The summed E-state index contributed by atoms with van der Waals surface area (Å²) in [5, 5.41) is 6.93. The second-order valence-corrected chi connectivity index (χ2v) is 5.84. The lowest BCUT2D eigenvalue weighted by Gasteiger charge is -2.20. The number of nitrogens with one attached hydrogen (secondary N) is 2. The van der Waals surface area contributed by atoms with Crippen molar-refractivity contribution in [2.24, 2.45) is 16.5 Å². The zero-order valence-corrected chi connectivity index (χ0v) is 11.7. The zero-order valence-electron chi connectivity index (χ0n) is 10.9. The molecule has 2 rings (SSSR count). The minimum absolute atomic E-state index is 0.115. The van der Waals surface area contributed by atoms with Gasteiger partial charge in [0.05, 0.1) is 11.1 Å². The number of amidine groups is 1. The summed E-state index contributed by atoms with van der Waals surface area (Å²) in [7, 11) is 0. The Morgan fingerprint density at radius 3 is 2.84 bits per heavy atom. The van der Waals surface area contributed by atoms with Crippen molar-refractivity contribution in [3.63, 3.8) is 0 Å². The van der Waals surface area contributed by atoms with Gasteiger partial charge in [-0.15, -0.1) is 0 Å². The first-order chi connectivity index (χ1) is 9.08. The molecule has 0 bridgehead atoms. The molecule has 104 valence electrons. The summed E-state index contributed by atoms with van der Waals surface area (Å²) >= 11 is 1.44. The number of rotatable bonds is 3. The van der Waals surface area contributed by atoms with Crippen LogP contribution >= 0.6 is 11.8 Å². The predicted octanol–water partition coefficient (Wildman–Crippen LogP) is -0.00980. The van der Waals surface area contributed by atoms with E-state index in [2.05, 4.69) is 15.6 Å². The fraction of sp³-hybridized carbons (Fsp3) is 0.500. The molecule has 0 saturated carbocycles. The lowest BCUT2D eigenvalue weighted by atomic mass is 10.1. The molecule has 1 saturated heterocycles. The molecule has 0 unspecified atom stereocenters. The molecule has 0 spiro atoms. The monoisotopic (exact) mass is 281 g/mol. The molecule has 1 atom stereocenters. The summed E-state index contributed by atoms with van der Waals surface area (Å²) in [6.07, 6.45) is 3.86. The third-order valence-electron chi connectivity index (χ3n) is 2.99. The van der Waals surface area contributed by atoms with E-state index >= 15 is 0 Å². The van der Waals surface area contributed by atoms with Gasteiger partial charge in [0.25, 0.3) is 5.91 Å². The van der Waals surface area contributed by atoms with Gasteiger partial charge in [0.1, 0.15) is 11.4 Å². The van der Waals surface area contributed by atoms with Gasteiger partial charge in [-0.05, 0) is 26.3 Å². The van der Waals surface area contributed by atoms with E-state index in [0.29, 0.717) is 5.03 Å². The van der Waals surface area contributed by atoms with Crippen LogP contribution in [0.15, 0.2) is 26.7 Å². The molecule has 0 aromatic carbocycles. The van der Waals surface area contributed by atoms with Crippen LogP contribution in [0.1, 0.15) is 19.8 Å². The fourth-order valence-electron chi connectivity index (χ4n) is 2.07. The minimum atomic E-state index is -0.553. The molecule has 7 heteroatoms. The molecule has 2 aliphatic heterocycles. The van der Waals surface area contributed by atoms with Gasteiger partial charge in [-0.2, -0.15) is 0 Å². The molecule has 1 fully saturated rings. The van der Waals surface area contributed by atoms with Gasteiger partial charge in [-0.25, -0.2) is 0 Å². The van der Waals surface area contributed by atoms with Crippen LogP contribution in [0, 0.1) is 0 Å². The first kappa shape index (κ1) is 14.0. The summed E-state index contributed by atoms with van der Waals surface area (Å²) in [5.74, 6) is -0.331. The Labute approximate surface area is 116 Å². The van der Waals surface area contributed by atoms with Crippen LogP contribution < -0.4 is 22.1 Å². The third kappa shape index (κ3) is 3.51. The van der Waals surface area contributed by atoms with E-state index in [0.717, 1.165) is 30.8 Å². The van der Waals surface area contributed by atoms with Crippen molar-refractivity contribution in [3.05, 3.63) is 21.7 Å². The van der Waals surface area contributed by atoms with E-state index in [1.54, 1.807) is 0 Å². The first-order valence-corrected chi connectivity index (χ1v) is 7.09. The summed E-state index contributed by atoms with van der Waals surface area (Å²) in [5.41, 5.74) is 11.7. The Bertz CT molecular complexity index is 463. The smallest absolute Gasteiger partial charge is 0.255 e. The zero-order chi connectivity index (χ0) is 13.8. The second kappa shape index (κ2) is 6.12. The Morgan fingerprint density at radius 1 is 1.53 bits per heavy atom. The average molecular weight is 281 g/mol. The summed E-state index contributed by atoms with van der Waals surface area (Å²) in [6, 6.07) is 0.115. The van der Waals surface area contributed by atoms with Gasteiger partial charge in [0, 0.05) is 17.6 Å². The average Bonchev–Trinajstić information content (AvgIpc) is 2.76. The number of nitrogens with zero attached hydrogens (tertiary/aromatic N) is 1. The van der Waals surface area contributed by atoms with Crippen molar-refractivity contribution in [1.82, 2.24) is 10.6 Å². The van der Waals surface area contributed by atoms with Gasteiger partial charge in [0.2, 0.25) is 0 Å². The van der Waals surface area contributed by atoms with Crippen LogP contribution in [0.2, 0.25) is 0 Å². The van der Waals surface area contributed by atoms with E-state index in [-0.39, 0.29) is 17.5 Å². The Hall–Kier alpha value is -1.47. The third-order valence-corrected chi connectivity index (χ3v) is 3.96. The normalized spacial score (nSPS) is 26.7. The Balaban J connectivity index is 2.19. The first-order valence-electron chi connectivity index (χ1n) is 6.27. The SMILES string of the molecule is CC1=CNC(=C(C(N)=O)C(N)=N[C@@H]2CCCNC2)S1. The van der Waals surface area contributed by atoms with Crippen molar-refractivity contribution in [1.29, 1.82) is 0 Å². The van der Waals surface area contributed by atoms with Crippen LogP contribution in [0.5, 0.6) is 0 Å². The van der Waals surface area contributed by atoms with Crippen molar-refractivity contribution in [3.8, 4) is 0 Å². The van der Waals surface area contributed by atoms with Gasteiger partial charge < -0.3 is 22.1 Å². The number of nitrogens with two attached hydrogens (primary N) is 2. The number of hydrogen-bond acceptors (Lipinski definition) is 5. The standard InChI is InChI=1S/C12H19N5OS/c1-7-5-16-12(19-7)9(11(14)18)10(13)17-8-3-2-4-15-6-8/h5,8,15-16H,2-4,6H2,1H3,(H2,13,17)(H2,14,18)/t8-/m1/s1. The lowest BCUT2D eigenvalue weighted by Crippen LogP contribution is -2.36. The van der Waals surface area contributed by atoms with Crippen molar-refractivity contribution < 1.29 is 4.79 Å². The van der Waals surface area contributed by atoms with E-state index in [1.165, 1.54) is 11.8 Å². The number of thioether (sulfide) groups is 1. The highest BCUT2D eigenvalue weighted by molar-refractivity contribution is 8.07. The van der Waals surface area contributed by atoms with Gasteiger partial charge in [-0.1, -0.05) is 11.8 Å². The van der Waals surface area contributed by atoms with Gasteiger partial charge >= 0.3 is 0 Å². The highest BCUT2D eigenvalue weighted by Gasteiger charge is 2.22. The minimum Gasteiger partial charge on any atom is -0.383 e. The van der Waals surface area contributed by atoms with Crippen LogP contribution in [-0.4, -0.2) is 30.9 Å². The largest absolute Gasteiger partial charge is 0.383 e. The molecule has 2 aliphatic rings. The molecular formula is C12H19N5OS. The molecule has 2 heterocycles. The summed E-state index contributed by atoms with van der Waals surface area (Å²) in [4.78, 5) is 17.1. The lowest BCUT2D eigenvalue weighted by molar-refractivity contribution is -0.114. The fourth-order valence-corrected chi connectivity index (χ4v) is 2.93. The molecule has 6 nitrogen and oxygen atoms in total. The number of aliphatic imine (C=N–C) groups is 1. The number of carbonyl (C=O) groups is 1. The van der Waals surface area contributed by atoms with Crippen molar-refractivity contribution in [2.75, 3.05) is 13.1 Å². The number of allylic oxidation sites excluding steroid dienone is 1. The van der Waals surface area contributed by atoms with Crippen LogP contribution in [-0.2, 0) is 4.79 Å². The van der Waals surface area contributed by atoms with E-state index < -0.39 is 5.91 Å². The maximum absolute atomic E-state index is 11.6. The number of amides is 1. The number of piperidine rings is 1. The highest BCUT2D eigenvalue weighted by atomic mass is 32.2. The quantitative estimate of drug-likeness (QED) is 0.331. The molecule has 1 amide bonds. The number of hydrogen-bond donors (Lipinski definition) is 4. The molecular weight excluding hydrogens is 262 g/mol. The summed E-state index contributed by atoms with van der Waals surface area (Å²) in [6.45, 7) is 3.75. The molecule has 0 aliphatic carbocycles. The molecule has 0 aromatic heterocycles. The Kier molecular flexibility index (Phi) is 4.49. The highest BCUT2D eigenvalue weighted by Crippen LogP contribution is 2.30. The summed E-state index contributed by atoms with van der Waals surface area (Å²) < 4.78 is 0. The van der Waals surface area contributed by atoms with Crippen LogP contribution in [0.4, 0.5) is 0 Å². The second-order valence-electron chi connectivity index (χ2n) is 4.58. The molecule has 19 heavy (non-hydrogen) atoms. The van der Waals surface area contributed by atoms with Crippen molar-refractivity contribution in [2.45, 2.75) is 25.8 Å². The number of carbonyl (C=O) groups excluding carboxylic acids is 1. The molecule has 0 aromatic rings. The van der Waals surface area contributed by atoms with E-state index in [9.17, 15) is 4.79 Å². The topological polar surface area (TPSA) is 106 Å². The van der Waals surface area contributed by atoms with Gasteiger partial charge in [-0.3, -0.25) is 9.79 Å². The maximum Gasteiger partial charge on any atom is 0.255 e. The van der Waals surface area contributed by atoms with Crippen LogP contribution in [0.3, 0.4) is 0 Å². The molecule has 6 N–H and O–H groups in total. The van der Waals surface area contributed by atoms with Crippen molar-refractivity contribution >= 4 is 23.5 Å². The number of primary amides is 1. The van der Waals surface area contributed by atoms with Gasteiger partial charge in [0.15, 0.2) is 0 Å². The van der Waals surface area contributed by atoms with E-state index in [4.69, 9.17) is 11.5 Å². The predicted molar refractivity (Wildman–Crippen MR) is 78.2 cm³/mol.